The Kier molecular flexibility index (Phi) is 8.93. The van der Waals surface area contributed by atoms with E-state index in [4.69, 9.17) is 16.6 Å². The minimum absolute atomic E-state index is 0.00924. The van der Waals surface area contributed by atoms with Crippen LogP contribution in [-0.2, 0) is 19.2 Å². The number of aliphatic carboxylic acids is 1. The normalized spacial score (nSPS) is 15.9. The molecule has 0 radical (unpaired) electrons. The third-order valence-corrected chi connectivity index (χ3v) is 3.14. The highest BCUT2D eigenvalue weighted by atomic mass is 16.4. The molecule has 0 fully saturated rings. The monoisotopic (exact) mass is 346 g/mol. The molecule has 0 aliphatic heterocycles. The molecule has 0 bridgehead atoms. The second-order valence-electron chi connectivity index (χ2n) is 6.03. The van der Waals surface area contributed by atoms with Crippen molar-refractivity contribution in [1.29, 1.82) is 0 Å². The molecule has 0 aromatic carbocycles. The van der Waals surface area contributed by atoms with E-state index < -0.39 is 54.3 Å². The molecular formula is C14H26N4O6. The molecule has 0 unspecified atom stereocenters. The zero-order chi connectivity index (χ0) is 19.0. The number of carboxylic acid groups (broad SMARTS) is 1. The van der Waals surface area contributed by atoms with Gasteiger partial charge in [-0.05, 0) is 19.3 Å². The molecule has 3 amide bonds. The van der Waals surface area contributed by atoms with Gasteiger partial charge in [0.2, 0.25) is 17.7 Å². The van der Waals surface area contributed by atoms with Gasteiger partial charge < -0.3 is 32.3 Å². The SMILES string of the molecule is CC(C)C[C@H](NC(=O)[C@@H](NC(=O)[C@@H](N)CC(N)=O)[C@@H](C)O)C(=O)O. The van der Waals surface area contributed by atoms with Crippen LogP contribution in [0.3, 0.4) is 0 Å². The van der Waals surface area contributed by atoms with Crippen LogP contribution in [0, 0.1) is 5.92 Å². The average molecular weight is 346 g/mol. The Morgan fingerprint density at radius 1 is 1.04 bits per heavy atom. The lowest BCUT2D eigenvalue weighted by Gasteiger charge is -2.25. The number of aliphatic hydroxyl groups is 1. The highest BCUT2D eigenvalue weighted by molar-refractivity contribution is 5.93. The van der Waals surface area contributed by atoms with E-state index in [2.05, 4.69) is 10.6 Å². The van der Waals surface area contributed by atoms with E-state index in [-0.39, 0.29) is 12.3 Å². The number of carbonyl (C=O) groups is 4. The first kappa shape index (κ1) is 21.8. The Morgan fingerprint density at radius 2 is 1.58 bits per heavy atom. The van der Waals surface area contributed by atoms with Crippen molar-refractivity contribution in [2.24, 2.45) is 17.4 Å². The van der Waals surface area contributed by atoms with Crippen LogP contribution in [-0.4, -0.2) is 58.1 Å². The summed E-state index contributed by atoms with van der Waals surface area (Å²) in [5, 5.41) is 23.3. The molecular weight excluding hydrogens is 320 g/mol. The fraction of sp³-hybridized carbons (Fsp3) is 0.714. The number of aliphatic hydroxyl groups excluding tert-OH is 1. The molecule has 0 heterocycles. The van der Waals surface area contributed by atoms with Gasteiger partial charge in [-0.15, -0.1) is 0 Å². The van der Waals surface area contributed by atoms with E-state index >= 15 is 0 Å². The minimum atomic E-state index is -1.41. The smallest absolute Gasteiger partial charge is 0.326 e. The molecule has 0 rings (SSSR count). The van der Waals surface area contributed by atoms with Crippen molar-refractivity contribution in [3.05, 3.63) is 0 Å². The Balaban J connectivity index is 4.97. The number of carbonyl (C=O) groups excluding carboxylic acids is 3. The van der Waals surface area contributed by atoms with Gasteiger partial charge in [-0.2, -0.15) is 0 Å². The van der Waals surface area contributed by atoms with E-state index in [1.165, 1.54) is 6.92 Å². The number of nitrogens with one attached hydrogen (secondary N) is 2. The Morgan fingerprint density at radius 3 is 1.96 bits per heavy atom. The van der Waals surface area contributed by atoms with Crippen molar-refractivity contribution in [3.8, 4) is 0 Å². The fourth-order valence-electron chi connectivity index (χ4n) is 1.93. The predicted octanol–water partition coefficient (Wildman–Crippen LogP) is -2.33. The van der Waals surface area contributed by atoms with Crippen molar-refractivity contribution in [2.45, 2.75) is 57.8 Å². The first-order valence-electron chi connectivity index (χ1n) is 7.51. The van der Waals surface area contributed by atoms with Crippen molar-refractivity contribution < 1.29 is 29.4 Å². The van der Waals surface area contributed by atoms with Crippen LogP contribution >= 0.6 is 0 Å². The molecule has 0 aromatic heterocycles. The van der Waals surface area contributed by atoms with E-state index in [1.807, 2.05) is 0 Å². The molecule has 4 atom stereocenters. The topological polar surface area (TPSA) is 185 Å². The molecule has 10 nitrogen and oxygen atoms in total. The summed E-state index contributed by atoms with van der Waals surface area (Å²) in [5.74, 6) is -3.73. The summed E-state index contributed by atoms with van der Waals surface area (Å²) >= 11 is 0. The maximum absolute atomic E-state index is 12.2. The third kappa shape index (κ3) is 7.88. The number of hydrogen-bond donors (Lipinski definition) is 6. The largest absolute Gasteiger partial charge is 0.480 e. The van der Waals surface area contributed by atoms with Crippen LogP contribution in [0.2, 0.25) is 0 Å². The minimum Gasteiger partial charge on any atom is -0.480 e. The zero-order valence-electron chi connectivity index (χ0n) is 14.0. The van der Waals surface area contributed by atoms with Gasteiger partial charge in [0.15, 0.2) is 0 Å². The van der Waals surface area contributed by atoms with Crippen LogP contribution in [0.4, 0.5) is 0 Å². The Labute approximate surface area is 139 Å². The van der Waals surface area contributed by atoms with Crippen LogP contribution in [0.1, 0.15) is 33.6 Å². The molecule has 0 aliphatic rings. The molecule has 10 heteroatoms. The highest BCUT2D eigenvalue weighted by Gasteiger charge is 2.31. The number of hydrogen-bond acceptors (Lipinski definition) is 6. The highest BCUT2D eigenvalue weighted by Crippen LogP contribution is 2.06. The summed E-state index contributed by atoms with van der Waals surface area (Å²) in [5.41, 5.74) is 10.4. The summed E-state index contributed by atoms with van der Waals surface area (Å²) in [6.07, 6.45) is -1.54. The van der Waals surface area contributed by atoms with Crippen LogP contribution in [0.15, 0.2) is 0 Å². The average Bonchev–Trinajstić information content (AvgIpc) is 2.41. The molecule has 0 aromatic rings. The molecule has 0 saturated heterocycles. The van der Waals surface area contributed by atoms with E-state index in [0.29, 0.717) is 0 Å². The van der Waals surface area contributed by atoms with Gasteiger partial charge in [0, 0.05) is 0 Å². The van der Waals surface area contributed by atoms with Gasteiger partial charge in [-0.1, -0.05) is 13.8 Å². The quantitative estimate of drug-likeness (QED) is 0.256. The lowest BCUT2D eigenvalue weighted by molar-refractivity contribution is -0.143. The van der Waals surface area contributed by atoms with Crippen LogP contribution in [0.5, 0.6) is 0 Å². The van der Waals surface area contributed by atoms with Crippen molar-refractivity contribution in [3.63, 3.8) is 0 Å². The standard InChI is InChI=1S/C14H26N4O6/c1-6(2)4-9(14(23)24)17-13(22)11(7(3)19)18-12(21)8(15)5-10(16)20/h6-9,11,19H,4-5,15H2,1-3H3,(H2,16,20)(H,17,22)(H,18,21)(H,23,24)/t7-,8+,9+,11+/m1/s1. The van der Waals surface area contributed by atoms with Gasteiger partial charge in [0.05, 0.1) is 18.6 Å². The predicted molar refractivity (Wildman–Crippen MR) is 84.4 cm³/mol. The van der Waals surface area contributed by atoms with E-state index in [9.17, 15) is 24.3 Å². The van der Waals surface area contributed by atoms with Gasteiger partial charge in [-0.25, -0.2) is 4.79 Å². The first-order valence-corrected chi connectivity index (χ1v) is 7.51. The van der Waals surface area contributed by atoms with E-state index in [0.717, 1.165) is 0 Å². The van der Waals surface area contributed by atoms with E-state index in [1.54, 1.807) is 13.8 Å². The lowest BCUT2D eigenvalue weighted by Crippen LogP contribution is -2.58. The number of carboxylic acids is 1. The van der Waals surface area contributed by atoms with Gasteiger partial charge >= 0.3 is 5.97 Å². The zero-order valence-corrected chi connectivity index (χ0v) is 14.0. The van der Waals surface area contributed by atoms with Crippen molar-refractivity contribution in [2.75, 3.05) is 0 Å². The van der Waals surface area contributed by atoms with Crippen molar-refractivity contribution >= 4 is 23.7 Å². The second-order valence-corrected chi connectivity index (χ2v) is 6.03. The van der Waals surface area contributed by atoms with Gasteiger partial charge in [0.1, 0.15) is 12.1 Å². The number of primary amides is 1. The second kappa shape index (κ2) is 9.83. The summed E-state index contributed by atoms with van der Waals surface area (Å²) < 4.78 is 0. The van der Waals surface area contributed by atoms with Gasteiger partial charge in [0.25, 0.3) is 0 Å². The molecule has 8 N–H and O–H groups in total. The summed E-state index contributed by atoms with van der Waals surface area (Å²) in [6, 6.07) is -3.84. The Bertz CT molecular complexity index is 480. The molecule has 0 saturated carbocycles. The Hall–Kier alpha value is -2.20. The first-order chi connectivity index (χ1) is 11.0. The molecule has 0 aliphatic carbocycles. The lowest BCUT2D eigenvalue weighted by atomic mass is 10.0. The summed E-state index contributed by atoms with van der Waals surface area (Å²) in [4.78, 5) is 46.0. The summed E-state index contributed by atoms with van der Waals surface area (Å²) in [7, 11) is 0. The summed E-state index contributed by atoms with van der Waals surface area (Å²) in [6.45, 7) is 4.83. The maximum atomic E-state index is 12.2. The number of rotatable bonds is 10. The molecule has 138 valence electrons. The third-order valence-electron chi connectivity index (χ3n) is 3.14. The van der Waals surface area contributed by atoms with Gasteiger partial charge in [-0.3, -0.25) is 14.4 Å². The van der Waals surface area contributed by atoms with Crippen LogP contribution in [0.25, 0.3) is 0 Å². The van der Waals surface area contributed by atoms with Crippen LogP contribution < -0.4 is 22.1 Å². The molecule has 0 spiro atoms. The van der Waals surface area contributed by atoms with Crippen molar-refractivity contribution in [1.82, 2.24) is 10.6 Å². The molecule has 24 heavy (non-hydrogen) atoms. The fourth-order valence-corrected chi connectivity index (χ4v) is 1.93. The number of amides is 3. The number of nitrogens with two attached hydrogens (primary N) is 2. The maximum Gasteiger partial charge on any atom is 0.326 e.